The summed E-state index contributed by atoms with van der Waals surface area (Å²) in [6.07, 6.45) is 0. The molecule has 14 heavy (non-hydrogen) atoms. The van der Waals surface area contributed by atoms with Crippen LogP contribution in [-0.2, 0) is 20.3 Å². The average Bonchev–Trinajstić information content (AvgIpc) is 2.19. The highest BCUT2D eigenvalue weighted by molar-refractivity contribution is 7.86. The van der Waals surface area contributed by atoms with E-state index in [4.69, 9.17) is 9.84 Å². The van der Waals surface area contributed by atoms with Gasteiger partial charge in [-0.3, -0.25) is 9.11 Å². The minimum Gasteiger partial charge on any atom is -0.479 e. The summed E-state index contributed by atoms with van der Waals surface area (Å²) in [7, 11) is -1.32. The third-order valence-electron chi connectivity index (χ3n) is 2.12. The maximum Gasteiger partial charge on any atom is 0.334 e. The van der Waals surface area contributed by atoms with E-state index in [2.05, 4.69) is 0 Å². The molecule has 1 saturated heterocycles. The molecule has 0 aromatic carbocycles. The second-order valence-corrected chi connectivity index (χ2v) is 4.79. The van der Waals surface area contributed by atoms with Crippen molar-refractivity contribution in [2.75, 3.05) is 32.1 Å². The quantitative estimate of drug-likeness (QED) is 0.693. The Bertz CT molecular complexity index is 227. The Morgan fingerprint density at radius 1 is 1.57 bits per heavy atom. The van der Waals surface area contributed by atoms with Crippen molar-refractivity contribution in [2.45, 2.75) is 12.3 Å². The Labute approximate surface area is 85.5 Å². The van der Waals surface area contributed by atoms with Crippen molar-refractivity contribution in [1.29, 1.82) is 0 Å². The topological polar surface area (TPSA) is 66.8 Å². The number of aliphatic carboxylic acids is 1. The van der Waals surface area contributed by atoms with Gasteiger partial charge in [0.2, 0.25) is 0 Å². The molecule has 1 N–H and O–H groups in total. The molecule has 2 atom stereocenters. The van der Waals surface area contributed by atoms with Crippen LogP contribution < -0.4 is 0 Å². The van der Waals surface area contributed by atoms with Gasteiger partial charge in [0.25, 0.3) is 0 Å². The Balaban J connectivity index is 2.65. The molecular weight excluding hydrogens is 206 g/mol. The van der Waals surface area contributed by atoms with E-state index in [0.717, 1.165) is 0 Å². The van der Waals surface area contributed by atoms with Crippen LogP contribution in [0.5, 0.6) is 0 Å². The zero-order valence-corrected chi connectivity index (χ0v) is 8.96. The summed E-state index contributed by atoms with van der Waals surface area (Å²) in [6.45, 7) is 3.85. The monoisotopic (exact) mass is 221 g/mol. The van der Waals surface area contributed by atoms with Gasteiger partial charge in [-0.1, -0.05) is 6.92 Å². The van der Waals surface area contributed by atoms with Crippen molar-refractivity contribution in [3.05, 3.63) is 0 Å². The first-order valence-electron chi connectivity index (χ1n) is 4.58. The first-order valence-corrected chi connectivity index (χ1v) is 5.96. The number of carboxylic acid groups (broad SMARTS) is 1. The summed E-state index contributed by atoms with van der Waals surface area (Å²) < 4.78 is 16.6. The molecule has 0 aliphatic carbocycles. The second kappa shape index (κ2) is 5.43. The SMILES string of the molecule is CC[S@](=O)[C@@H](C(=O)O)N1CCOCC1. The van der Waals surface area contributed by atoms with Crippen LogP contribution in [0.1, 0.15) is 6.92 Å². The summed E-state index contributed by atoms with van der Waals surface area (Å²) in [5.74, 6) is -0.638. The smallest absolute Gasteiger partial charge is 0.334 e. The zero-order chi connectivity index (χ0) is 10.6. The molecule has 5 nitrogen and oxygen atoms in total. The van der Waals surface area contributed by atoms with Gasteiger partial charge in [-0.05, 0) is 0 Å². The minimum atomic E-state index is -1.32. The molecule has 1 aliphatic rings. The molecule has 0 aromatic rings. The van der Waals surface area contributed by atoms with Crippen LogP contribution in [0, 0.1) is 0 Å². The normalized spacial score (nSPS) is 22.9. The van der Waals surface area contributed by atoms with Crippen molar-refractivity contribution in [3.8, 4) is 0 Å². The summed E-state index contributed by atoms with van der Waals surface area (Å²) in [6, 6.07) is 0. The van der Waals surface area contributed by atoms with Gasteiger partial charge in [0.15, 0.2) is 5.37 Å². The lowest BCUT2D eigenvalue weighted by Gasteiger charge is -2.30. The van der Waals surface area contributed by atoms with Crippen LogP contribution in [0.2, 0.25) is 0 Å². The number of morpholine rings is 1. The zero-order valence-electron chi connectivity index (χ0n) is 8.14. The fourth-order valence-corrected chi connectivity index (χ4v) is 2.49. The van der Waals surface area contributed by atoms with Gasteiger partial charge in [-0.25, -0.2) is 4.79 Å². The van der Waals surface area contributed by atoms with E-state index in [1.807, 2.05) is 0 Å². The molecule has 0 amide bonds. The molecule has 1 fully saturated rings. The Kier molecular flexibility index (Phi) is 4.50. The number of carbonyl (C=O) groups is 1. The first-order chi connectivity index (χ1) is 6.66. The Morgan fingerprint density at radius 3 is 2.57 bits per heavy atom. The van der Waals surface area contributed by atoms with Gasteiger partial charge in [0, 0.05) is 18.8 Å². The average molecular weight is 221 g/mol. The van der Waals surface area contributed by atoms with E-state index in [0.29, 0.717) is 32.1 Å². The number of hydrogen-bond acceptors (Lipinski definition) is 4. The van der Waals surface area contributed by atoms with Crippen LogP contribution in [0.25, 0.3) is 0 Å². The van der Waals surface area contributed by atoms with Gasteiger partial charge in [0.05, 0.1) is 24.0 Å². The molecule has 1 rings (SSSR count). The highest BCUT2D eigenvalue weighted by Gasteiger charge is 2.31. The number of hydrogen-bond donors (Lipinski definition) is 1. The van der Waals surface area contributed by atoms with E-state index in [1.54, 1.807) is 11.8 Å². The fourth-order valence-electron chi connectivity index (χ4n) is 1.40. The van der Waals surface area contributed by atoms with Gasteiger partial charge >= 0.3 is 5.97 Å². The maximum atomic E-state index is 11.5. The summed E-state index contributed by atoms with van der Waals surface area (Å²) >= 11 is 0. The molecule has 0 unspecified atom stereocenters. The second-order valence-electron chi connectivity index (χ2n) is 3.01. The predicted molar refractivity (Wildman–Crippen MR) is 52.5 cm³/mol. The molecule has 0 saturated carbocycles. The van der Waals surface area contributed by atoms with Gasteiger partial charge in [-0.15, -0.1) is 0 Å². The summed E-state index contributed by atoms with van der Waals surface area (Å²) in [4.78, 5) is 12.6. The van der Waals surface area contributed by atoms with Crippen LogP contribution in [0.15, 0.2) is 0 Å². The molecule has 0 aromatic heterocycles. The van der Waals surface area contributed by atoms with E-state index < -0.39 is 22.1 Å². The fraction of sp³-hybridized carbons (Fsp3) is 0.875. The van der Waals surface area contributed by atoms with Gasteiger partial charge in [-0.2, -0.15) is 0 Å². The Morgan fingerprint density at radius 2 is 2.14 bits per heavy atom. The predicted octanol–water partition coefficient (Wildman–Crippen LogP) is -0.502. The van der Waals surface area contributed by atoms with Crippen molar-refractivity contribution in [2.24, 2.45) is 0 Å². The van der Waals surface area contributed by atoms with E-state index in [1.165, 1.54) is 0 Å². The van der Waals surface area contributed by atoms with Gasteiger partial charge < -0.3 is 9.84 Å². The highest BCUT2D eigenvalue weighted by atomic mass is 32.2. The van der Waals surface area contributed by atoms with E-state index in [9.17, 15) is 9.00 Å². The van der Waals surface area contributed by atoms with Crippen molar-refractivity contribution >= 4 is 16.8 Å². The van der Waals surface area contributed by atoms with Gasteiger partial charge in [0.1, 0.15) is 0 Å². The molecule has 0 spiro atoms. The molecular formula is C8H15NO4S. The standard InChI is InChI=1S/C8H15NO4S/c1-2-14(12)7(8(10)11)9-3-5-13-6-4-9/h7H,2-6H2,1H3,(H,10,11)/t7-,14-/m0/s1. The number of carboxylic acids is 1. The van der Waals surface area contributed by atoms with Crippen molar-refractivity contribution in [1.82, 2.24) is 4.90 Å². The Hall–Kier alpha value is -0.460. The van der Waals surface area contributed by atoms with Crippen LogP contribution in [0.3, 0.4) is 0 Å². The molecule has 0 bridgehead atoms. The maximum absolute atomic E-state index is 11.5. The summed E-state index contributed by atoms with van der Waals surface area (Å²) in [5.41, 5.74) is 0. The molecule has 1 heterocycles. The van der Waals surface area contributed by atoms with Crippen LogP contribution in [0.4, 0.5) is 0 Å². The van der Waals surface area contributed by atoms with E-state index >= 15 is 0 Å². The molecule has 6 heteroatoms. The largest absolute Gasteiger partial charge is 0.479 e. The highest BCUT2D eigenvalue weighted by Crippen LogP contribution is 2.08. The third-order valence-corrected chi connectivity index (χ3v) is 3.69. The van der Waals surface area contributed by atoms with Crippen molar-refractivity contribution < 1.29 is 18.8 Å². The van der Waals surface area contributed by atoms with E-state index in [-0.39, 0.29) is 0 Å². The number of ether oxygens (including phenoxy) is 1. The summed E-state index contributed by atoms with van der Waals surface area (Å²) in [5, 5.41) is 8.08. The lowest BCUT2D eigenvalue weighted by molar-refractivity contribution is -0.141. The lowest BCUT2D eigenvalue weighted by Crippen LogP contribution is -2.49. The van der Waals surface area contributed by atoms with Crippen LogP contribution >= 0.6 is 0 Å². The molecule has 0 radical (unpaired) electrons. The number of rotatable bonds is 4. The van der Waals surface area contributed by atoms with Crippen LogP contribution in [-0.4, -0.2) is 57.6 Å². The third kappa shape index (κ3) is 2.76. The number of nitrogens with zero attached hydrogens (tertiary/aromatic N) is 1. The molecule has 82 valence electrons. The molecule has 1 aliphatic heterocycles. The lowest BCUT2D eigenvalue weighted by atomic mass is 10.4. The van der Waals surface area contributed by atoms with Crippen molar-refractivity contribution in [3.63, 3.8) is 0 Å². The first kappa shape index (κ1) is 11.6. The minimum absolute atomic E-state index is 0.369.